The maximum absolute atomic E-state index is 7.09. The molecular weight excluding hydrogens is 823 g/mol. The molecular formula is C54H42Al2N2O4Si. The standard InChI is InChI=1S/C22H17OSi.C12H10O.2C10H9NO.2Al/c23-24(20-11-3-1-4-12-20,21-13-5-2-6-14-21)22-16-15-18-9-7-8-10-19(18)17-22;13-12-8-6-11(7-9-12)10-4-2-1-3-5-10;2*1-7-5-6-8-3-2-4-9(12)10(8)11-7;;/h1-17H;1-9,13H;2*2-6,12H,1H3;;/q-1;;;;2*+2/p-3. The maximum atomic E-state index is 7.09. The van der Waals surface area contributed by atoms with Crippen LogP contribution < -0.4 is 26.9 Å². The molecule has 0 saturated heterocycles. The molecule has 0 amide bonds. The summed E-state index contributed by atoms with van der Waals surface area (Å²) in [6.45, 7) is 3.98. The Kier molecular flexibility index (Phi) is 13.1. The van der Waals surface area contributed by atoms with E-state index in [2.05, 4.69) is 151 Å². The van der Waals surface area contributed by atoms with E-state index in [-0.39, 0.29) is 0 Å². The van der Waals surface area contributed by atoms with E-state index in [0.29, 0.717) is 0 Å². The fourth-order valence-electron chi connectivity index (χ4n) is 7.72. The summed E-state index contributed by atoms with van der Waals surface area (Å²) in [5.41, 5.74) is 6.05. The smallest absolute Gasteiger partial charge is 0.625 e. The minimum absolute atomic E-state index is 0.665. The molecule has 0 unspecified atom stereocenters. The van der Waals surface area contributed by atoms with Gasteiger partial charge in [0.15, 0.2) is 0 Å². The zero-order valence-electron chi connectivity index (χ0n) is 35.0. The van der Waals surface area contributed by atoms with Crippen LogP contribution in [0.4, 0.5) is 0 Å². The van der Waals surface area contributed by atoms with Crippen molar-refractivity contribution in [3.05, 3.63) is 230 Å². The average molecular weight is 865 g/mol. The number of aromatic nitrogens is 2. The van der Waals surface area contributed by atoms with E-state index in [4.69, 9.17) is 19.8 Å². The molecule has 2 aromatic heterocycles. The fourth-order valence-corrected chi connectivity index (χ4v) is 14.0. The van der Waals surface area contributed by atoms with Crippen molar-refractivity contribution in [3.63, 3.8) is 0 Å². The SMILES string of the molecule is Cc1ccc2cccc([O][Al][O][Si](c3ccccc3)(c3ccccc3)c3ccc4ccccc4c3)c2n1.Cc1ccc2cccc([O][Al][O]c3ccc(-c4ccccc4)cc3)c2n1. The number of hydrogen-bond acceptors (Lipinski definition) is 6. The molecule has 0 aliphatic heterocycles. The van der Waals surface area contributed by atoms with E-state index in [0.717, 1.165) is 50.4 Å². The van der Waals surface area contributed by atoms with Gasteiger partial charge in [0.2, 0.25) is 0 Å². The number of fused-ring (bicyclic) bond motifs is 3. The van der Waals surface area contributed by atoms with Gasteiger partial charge >= 0.3 is 31.8 Å². The van der Waals surface area contributed by atoms with Gasteiger partial charge in [-0.15, -0.1) is 0 Å². The molecule has 2 heterocycles. The first-order valence-electron chi connectivity index (χ1n) is 20.8. The number of rotatable bonds is 12. The van der Waals surface area contributed by atoms with E-state index in [9.17, 15) is 0 Å². The zero-order chi connectivity index (χ0) is 42.9. The van der Waals surface area contributed by atoms with Crippen LogP contribution in [0.3, 0.4) is 0 Å². The second-order valence-corrected chi connectivity index (χ2v) is 20.2. The number of benzene rings is 8. The zero-order valence-corrected chi connectivity index (χ0v) is 38.3. The Morgan fingerprint density at radius 3 is 1.43 bits per heavy atom. The lowest BCUT2D eigenvalue weighted by molar-refractivity contribution is 0.461. The largest absolute Gasteiger partial charge is 0.881 e. The second-order valence-electron chi connectivity index (χ2n) is 15.1. The van der Waals surface area contributed by atoms with E-state index < -0.39 is 40.1 Å². The van der Waals surface area contributed by atoms with Gasteiger partial charge in [0.05, 0.1) is 5.75 Å². The Hall–Kier alpha value is -6.52. The summed E-state index contributed by atoms with van der Waals surface area (Å²) in [6.07, 6.45) is 0. The molecule has 0 N–H and O–H groups in total. The molecule has 63 heavy (non-hydrogen) atoms. The van der Waals surface area contributed by atoms with Gasteiger partial charge in [-0.1, -0.05) is 182 Å². The Morgan fingerprint density at radius 2 is 0.841 bits per heavy atom. The van der Waals surface area contributed by atoms with E-state index in [1.54, 1.807) is 0 Å². The minimum Gasteiger partial charge on any atom is -0.625 e. The van der Waals surface area contributed by atoms with Crippen LogP contribution in [0.25, 0.3) is 43.7 Å². The van der Waals surface area contributed by atoms with Gasteiger partial charge in [0.1, 0.15) is 22.5 Å². The van der Waals surface area contributed by atoms with Gasteiger partial charge in [-0.25, -0.2) is 9.97 Å². The van der Waals surface area contributed by atoms with Gasteiger partial charge in [-0.05, 0) is 87.7 Å². The van der Waals surface area contributed by atoms with Crippen molar-refractivity contribution in [2.75, 3.05) is 0 Å². The minimum atomic E-state index is -2.88. The van der Waals surface area contributed by atoms with Crippen LogP contribution in [-0.2, 0) is 3.48 Å². The first-order chi connectivity index (χ1) is 31.0. The predicted octanol–water partition coefficient (Wildman–Crippen LogP) is 10.5. The van der Waals surface area contributed by atoms with Crippen LogP contribution in [0.15, 0.2) is 218 Å². The van der Waals surface area contributed by atoms with E-state index >= 15 is 0 Å². The van der Waals surface area contributed by atoms with E-state index in [1.807, 2.05) is 86.6 Å². The Morgan fingerprint density at radius 1 is 0.365 bits per heavy atom. The maximum Gasteiger partial charge on any atom is 0.881 e. The van der Waals surface area contributed by atoms with Crippen molar-refractivity contribution in [1.29, 1.82) is 0 Å². The molecule has 0 aliphatic carbocycles. The molecule has 302 valence electrons. The molecule has 2 radical (unpaired) electrons. The summed E-state index contributed by atoms with van der Waals surface area (Å²) >= 11 is -1.49. The normalized spacial score (nSPS) is 11.1. The number of nitrogens with zero attached hydrogens (tertiary/aromatic N) is 2. The number of hydrogen-bond donors (Lipinski definition) is 0. The summed E-state index contributed by atoms with van der Waals surface area (Å²) in [4.78, 5) is 9.32. The van der Waals surface area contributed by atoms with Gasteiger partial charge in [-0.3, -0.25) is 0 Å². The lowest BCUT2D eigenvalue weighted by Crippen LogP contribution is -2.70. The third-order valence-corrected chi connectivity index (χ3v) is 17.2. The summed E-state index contributed by atoms with van der Waals surface area (Å²) < 4.78 is 25.2. The molecule has 0 aliphatic rings. The van der Waals surface area contributed by atoms with Crippen LogP contribution in [0, 0.1) is 13.8 Å². The molecule has 0 bridgehead atoms. The van der Waals surface area contributed by atoms with Crippen molar-refractivity contribution in [3.8, 4) is 28.4 Å². The monoisotopic (exact) mass is 864 g/mol. The van der Waals surface area contributed by atoms with Crippen LogP contribution in [0.1, 0.15) is 11.4 Å². The van der Waals surface area contributed by atoms with Crippen molar-refractivity contribution in [1.82, 2.24) is 9.97 Å². The Bertz CT molecular complexity index is 3070. The van der Waals surface area contributed by atoms with Crippen LogP contribution >= 0.6 is 0 Å². The van der Waals surface area contributed by atoms with Gasteiger partial charge < -0.3 is 14.8 Å². The number of pyridine rings is 2. The lowest BCUT2D eigenvalue weighted by atomic mass is 10.1. The topological polar surface area (TPSA) is 62.7 Å². The molecule has 6 nitrogen and oxygen atoms in total. The Labute approximate surface area is 382 Å². The third-order valence-electron chi connectivity index (χ3n) is 10.9. The predicted molar refractivity (Wildman–Crippen MR) is 261 cm³/mol. The lowest BCUT2D eigenvalue weighted by Gasteiger charge is -2.34. The van der Waals surface area contributed by atoms with Crippen molar-refractivity contribution < 1.29 is 14.8 Å². The third kappa shape index (κ3) is 9.61. The average Bonchev–Trinajstić information content (AvgIpc) is 3.34. The molecule has 10 rings (SSSR count). The summed E-state index contributed by atoms with van der Waals surface area (Å²) in [5, 5.41) is 8.14. The summed E-state index contributed by atoms with van der Waals surface area (Å²) in [5.74, 6) is 2.34. The molecule has 9 heteroatoms. The molecule has 0 spiro atoms. The molecule has 10 aromatic rings. The highest BCUT2D eigenvalue weighted by molar-refractivity contribution is 7.08. The number of aryl methyl sites for hydroxylation is 2. The molecule has 0 atom stereocenters. The Balaban J connectivity index is 0.000000170. The van der Waals surface area contributed by atoms with Crippen molar-refractivity contribution >= 4 is 88.2 Å². The highest BCUT2D eigenvalue weighted by Gasteiger charge is 2.42. The highest BCUT2D eigenvalue weighted by atomic mass is 28.4. The number of para-hydroxylation sites is 2. The van der Waals surface area contributed by atoms with Gasteiger partial charge in [0, 0.05) is 22.2 Å². The fraction of sp³-hybridized carbons (Fsp3) is 0.0370. The van der Waals surface area contributed by atoms with Crippen LogP contribution in [0.5, 0.6) is 17.2 Å². The summed E-state index contributed by atoms with van der Waals surface area (Å²) in [7, 11) is -2.88. The van der Waals surface area contributed by atoms with Gasteiger partial charge in [0.25, 0.3) is 8.32 Å². The molecule has 8 aromatic carbocycles. The van der Waals surface area contributed by atoms with Crippen LogP contribution in [-0.4, -0.2) is 50.1 Å². The van der Waals surface area contributed by atoms with Gasteiger partial charge in [-0.2, -0.15) is 0 Å². The second kappa shape index (κ2) is 19.7. The first kappa shape index (κ1) is 41.8. The highest BCUT2D eigenvalue weighted by Crippen LogP contribution is 2.26. The molecule has 0 saturated carbocycles. The van der Waals surface area contributed by atoms with Crippen LogP contribution in [0.2, 0.25) is 0 Å². The first-order valence-corrected chi connectivity index (χ1v) is 24.6. The summed E-state index contributed by atoms with van der Waals surface area (Å²) in [6, 6.07) is 75.0. The van der Waals surface area contributed by atoms with Crippen molar-refractivity contribution in [2.24, 2.45) is 0 Å². The van der Waals surface area contributed by atoms with E-state index in [1.165, 1.54) is 37.5 Å². The molecule has 0 fully saturated rings. The quantitative estimate of drug-likeness (QED) is 0.0901. The van der Waals surface area contributed by atoms with Crippen molar-refractivity contribution in [2.45, 2.75) is 13.8 Å².